The fraction of sp³-hybridized carbons (Fsp3) is 0. The van der Waals surface area contributed by atoms with E-state index in [2.05, 4.69) is 0 Å². The maximum Gasteiger partial charge on any atom is 0.187 e. The lowest BCUT2D eigenvalue weighted by atomic mass is 10.3. The van der Waals surface area contributed by atoms with E-state index >= 15 is 0 Å². The van der Waals surface area contributed by atoms with Crippen LogP contribution >= 0.6 is 22.6 Å². The molecule has 60 valence electrons. The van der Waals surface area contributed by atoms with Crippen molar-refractivity contribution < 1.29 is 8.76 Å². The fourth-order valence-corrected chi connectivity index (χ4v) is 2.05. The van der Waals surface area contributed by atoms with Crippen LogP contribution in [-0.4, -0.2) is 8.76 Å². The SMILES string of the molecule is Nc1cccc(S(=O)O)c1I. The second kappa shape index (κ2) is 3.51. The summed E-state index contributed by atoms with van der Waals surface area (Å²) in [6.07, 6.45) is 0. The van der Waals surface area contributed by atoms with Crippen LogP contribution in [0.3, 0.4) is 0 Å². The lowest BCUT2D eigenvalue weighted by molar-refractivity contribution is 0.564. The van der Waals surface area contributed by atoms with Gasteiger partial charge in [-0.1, -0.05) is 6.07 Å². The molecule has 5 heteroatoms. The highest BCUT2D eigenvalue weighted by atomic mass is 127. The van der Waals surface area contributed by atoms with Crippen molar-refractivity contribution in [1.82, 2.24) is 0 Å². The molecule has 0 aliphatic carbocycles. The van der Waals surface area contributed by atoms with E-state index in [1.165, 1.54) is 0 Å². The first-order valence-electron chi connectivity index (χ1n) is 2.78. The summed E-state index contributed by atoms with van der Waals surface area (Å²) in [4.78, 5) is 0.366. The van der Waals surface area contributed by atoms with Gasteiger partial charge in [0.25, 0.3) is 0 Å². The minimum atomic E-state index is -1.94. The molecule has 0 saturated carbocycles. The van der Waals surface area contributed by atoms with E-state index in [9.17, 15) is 4.21 Å². The Morgan fingerprint density at radius 3 is 2.64 bits per heavy atom. The molecule has 3 nitrogen and oxygen atoms in total. The quantitative estimate of drug-likeness (QED) is 0.466. The van der Waals surface area contributed by atoms with Gasteiger partial charge in [0.05, 0.1) is 8.47 Å². The summed E-state index contributed by atoms with van der Waals surface area (Å²) in [5.41, 5.74) is 6.04. The molecule has 0 amide bonds. The predicted molar refractivity (Wildman–Crippen MR) is 52.6 cm³/mol. The van der Waals surface area contributed by atoms with E-state index in [4.69, 9.17) is 10.3 Å². The van der Waals surface area contributed by atoms with E-state index in [-0.39, 0.29) is 0 Å². The molecule has 0 saturated heterocycles. The second-order valence-corrected chi connectivity index (χ2v) is 3.93. The summed E-state index contributed by atoms with van der Waals surface area (Å²) in [7, 11) is 0. The Bertz CT molecular complexity index is 303. The van der Waals surface area contributed by atoms with Gasteiger partial charge in [-0.25, -0.2) is 4.21 Å². The molecule has 1 atom stereocenters. The number of hydrogen-bond acceptors (Lipinski definition) is 2. The van der Waals surface area contributed by atoms with Gasteiger partial charge in [-0.2, -0.15) is 0 Å². The van der Waals surface area contributed by atoms with E-state index < -0.39 is 11.1 Å². The van der Waals surface area contributed by atoms with E-state index in [1.54, 1.807) is 18.2 Å². The summed E-state index contributed by atoms with van der Waals surface area (Å²) in [5.74, 6) is 0. The van der Waals surface area contributed by atoms with Crippen molar-refractivity contribution >= 4 is 39.4 Å². The van der Waals surface area contributed by atoms with Crippen molar-refractivity contribution in [2.75, 3.05) is 5.73 Å². The highest BCUT2D eigenvalue weighted by molar-refractivity contribution is 14.1. The molecule has 1 aromatic carbocycles. The van der Waals surface area contributed by atoms with Crippen LogP contribution in [0.4, 0.5) is 5.69 Å². The summed E-state index contributed by atoms with van der Waals surface area (Å²) < 4.78 is 20.0. The molecule has 1 aromatic rings. The normalized spacial score (nSPS) is 12.9. The molecule has 0 heterocycles. The standard InChI is InChI=1S/C6H6INO2S/c7-6-4(8)2-1-3-5(6)11(9)10/h1-3H,8H2,(H,9,10). The van der Waals surface area contributed by atoms with Crippen LogP contribution in [0.15, 0.2) is 23.1 Å². The van der Waals surface area contributed by atoms with Gasteiger partial charge in [-0.05, 0) is 34.7 Å². The van der Waals surface area contributed by atoms with Crippen LogP contribution in [0, 0.1) is 3.57 Å². The van der Waals surface area contributed by atoms with Crippen LogP contribution in [-0.2, 0) is 11.1 Å². The molecule has 0 fully saturated rings. The molecular formula is C6H6INO2S. The molecule has 0 spiro atoms. The van der Waals surface area contributed by atoms with Gasteiger partial charge in [-0.3, -0.25) is 0 Å². The van der Waals surface area contributed by atoms with Gasteiger partial charge in [0.1, 0.15) is 0 Å². The number of nitrogens with two attached hydrogens (primary N) is 1. The molecule has 1 rings (SSSR count). The van der Waals surface area contributed by atoms with Gasteiger partial charge in [0.2, 0.25) is 0 Å². The van der Waals surface area contributed by atoms with Gasteiger partial charge < -0.3 is 10.3 Å². The lowest BCUT2D eigenvalue weighted by Crippen LogP contribution is -1.96. The average Bonchev–Trinajstić information content (AvgIpc) is 1.94. The Kier molecular flexibility index (Phi) is 2.85. The lowest BCUT2D eigenvalue weighted by Gasteiger charge is -2.00. The van der Waals surface area contributed by atoms with Crippen molar-refractivity contribution in [2.45, 2.75) is 4.90 Å². The Hall–Kier alpha value is -0.140. The third kappa shape index (κ3) is 1.91. The van der Waals surface area contributed by atoms with Gasteiger partial charge in [0.15, 0.2) is 11.1 Å². The van der Waals surface area contributed by atoms with E-state index in [0.717, 1.165) is 0 Å². The fourth-order valence-electron chi connectivity index (χ4n) is 0.663. The first kappa shape index (κ1) is 8.95. The zero-order valence-electron chi connectivity index (χ0n) is 5.45. The van der Waals surface area contributed by atoms with Crippen LogP contribution in [0.25, 0.3) is 0 Å². The van der Waals surface area contributed by atoms with Gasteiger partial charge >= 0.3 is 0 Å². The second-order valence-electron chi connectivity index (χ2n) is 1.91. The van der Waals surface area contributed by atoms with Crippen molar-refractivity contribution in [3.8, 4) is 0 Å². The minimum absolute atomic E-state index is 0.366. The van der Waals surface area contributed by atoms with Crippen LogP contribution in [0.1, 0.15) is 0 Å². The molecule has 0 bridgehead atoms. The van der Waals surface area contributed by atoms with E-state index in [0.29, 0.717) is 14.2 Å². The van der Waals surface area contributed by atoms with Crippen molar-refractivity contribution in [2.24, 2.45) is 0 Å². The summed E-state index contributed by atoms with van der Waals surface area (Å²) in [6.45, 7) is 0. The molecule has 0 radical (unpaired) electrons. The van der Waals surface area contributed by atoms with E-state index in [1.807, 2.05) is 22.6 Å². The highest BCUT2D eigenvalue weighted by Gasteiger charge is 2.06. The minimum Gasteiger partial charge on any atom is -0.398 e. The zero-order valence-corrected chi connectivity index (χ0v) is 8.43. The summed E-state index contributed by atoms with van der Waals surface area (Å²) in [5, 5.41) is 0. The van der Waals surface area contributed by atoms with Gasteiger partial charge in [0, 0.05) is 5.69 Å². The molecule has 0 aromatic heterocycles. The smallest absolute Gasteiger partial charge is 0.187 e. The number of benzene rings is 1. The first-order chi connectivity index (χ1) is 5.13. The van der Waals surface area contributed by atoms with Crippen molar-refractivity contribution in [3.05, 3.63) is 21.8 Å². The molecule has 3 N–H and O–H groups in total. The first-order valence-corrected chi connectivity index (χ1v) is 4.96. The number of rotatable bonds is 1. The Labute approximate surface area is 80.4 Å². The van der Waals surface area contributed by atoms with Crippen molar-refractivity contribution in [1.29, 1.82) is 0 Å². The van der Waals surface area contributed by atoms with Gasteiger partial charge in [-0.15, -0.1) is 0 Å². The Morgan fingerprint density at radius 1 is 1.55 bits per heavy atom. The summed E-state index contributed by atoms with van der Waals surface area (Å²) >= 11 is 0.00378. The maximum absolute atomic E-state index is 10.6. The topological polar surface area (TPSA) is 63.3 Å². The van der Waals surface area contributed by atoms with Crippen molar-refractivity contribution in [3.63, 3.8) is 0 Å². The largest absolute Gasteiger partial charge is 0.398 e. The number of anilines is 1. The highest BCUT2D eigenvalue weighted by Crippen LogP contribution is 2.21. The number of hydrogen-bond donors (Lipinski definition) is 2. The third-order valence-corrected chi connectivity index (χ3v) is 3.47. The third-order valence-electron chi connectivity index (χ3n) is 1.18. The Morgan fingerprint density at radius 2 is 2.18 bits per heavy atom. The summed E-state index contributed by atoms with van der Waals surface area (Å²) in [6, 6.07) is 4.92. The molecular weight excluding hydrogens is 277 g/mol. The Balaban J connectivity index is 3.27. The molecule has 0 aliphatic rings. The molecule has 1 unspecified atom stereocenters. The maximum atomic E-state index is 10.6. The molecule has 11 heavy (non-hydrogen) atoms. The van der Waals surface area contributed by atoms with Crippen LogP contribution in [0.5, 0.6) is 0 Å². The number of halogens is 1. The van der Waals surface area contributed by atoms with Crippen LogP contribution in [0.2, 0.25) is 0 Å². The zero-order chi connectivity index (χ0) is 8.43. The number of nitrogen functional groups attached to an aromatic ring is 1. The van der Waals surface area contributed by atoms with Crippen LogP contribution < -0.4 is 5.73 Å². The predicted octanol–water partition coefficient (Wildman–Crippen LogP) is 1.45. The molecule has 0 aliphatic heterocycles. The average molecular weight is 283 g/mol. The monoisotopic (exact) mass is 283 g/mol.